The second-order valence-electron chi connectivity index (χ2n) is 6.80. The molecule has 4 nitrogen and oxygen atoms in total. The maximum absolute atomic E-state index is 11.0. The third-order valence-corrected chi connectivity index (χ3v) is 4.67. The van der Waals surface area contributed by atoms with Crippen LogP contribution < -0.4 is 5.32 Å². The van der Waals surface area contributed by atoms with Crippen LogP contribution in [0.3, 0.4) is 0 Å². The van der Waals surface area contributed by atoms with Crippen molar-refractivity contribution in [2.45, 2.75) is 76.9 Å². The van der Waals surface area contributed by atoms with Gasteiger partial charge < -0.3 is 10.4 Å². The van der Waals surface area contributed by atoms with E-state index in [0.717, 1.165) is 25.3 Å². The number of hydrogen-bond donors (Lipinski definition) is 2. The van der Waals surface area contributed by atoms with E-state index < -0.39 is 5.97 Å². The molecule has 0 bridgehead atoms. The summed E-state index contributed by atoms with van der Waals surface area (Å²) in [6, 6.07) is 1.68. The van der Waals surface area contributed by atoms with Crippen LogP contribution in [0.4, 0.5) is 0 Å². The molecule has 0 saturated heterocycles. The van der Waals surface area contributed by atoms with E-state index >= 15 is 0 Å². The zero-order valence-electron chi connectivity index (χ0n) is 13.0. The lowest BCUT2D eigenvalue weighted by atomic mass is 9.84. The fourth-order valence-electron chi connectivity index (χ4n) is 3.17. The lowest BCUT2D eigenvalue weighted by Gasteiger charge is -2.44. The number of carboxylic acids is 1. The number of hydrogen-bond acceptors (Lipinski definition) is 3. The molecule has 2 fully saturated rings. The summed E-state index contributed by atoms with van der Waals surface area (Å²) in [5.74, 6) is 0.0863. The van der Waals surface area contributed by atoms with Crippen molar-refractivity contribution in [2.24, 2.45) is 5.92 Å². The Balaban J connectivity index is 1.67. The van der Waals surface area contributed by atoms with E-state index in [1.54, 1.807) is 0 Å². The van der Waals surface area contributed by atoms with Gasteiger partial charge in [0, 0.05) is 24.7 Å². The summed E-state index contributed by atoms with van der Waals surface area (Å²) in [6.45, 7) is 5.71. The average molecular weight is 282 g/mol. The van der Waals surface area contributed by atoms with Crippen LogP contribution in [0.1, 0.15) is 58.8 Å². The minimum atomic E-state index is -0.682. The molecule has 0 radical (unpaired) electrons. The third kappa shape index (κ3) is 5.06. The molecular weight excluding hydrogens is 252 g/mol. The summed E-state index contributed by atoms with van der Waals surface area (Å²) in [5.41, 5.74) is 0. The minimum Gasteiger partial charge on any atom is -0.480 e. The molecule has 0 aliphatic heterocycles. The molecule has 0 aromatic heterocycles. The van der Waals surface area contributed by atoms with Gasteiger partial charge in [0.15, 0.2) is 0 Å². The smallest absolute Gasteiger partial charge is 0.317 e. The molecule has 1 unspecified atom stereocenters. The van der Waals surface area contributed by atoms with Gasteiger partial charge in [-0.05, 0) is 44.9 Å². The Morgan fingerprint density at radius 2 is 2.10 bits per heavy atom. The summed E-state index contributed by atoms with van der Waals surface area (Å²) in [5, 5.41) is 12.7. The normalized spacial score (nSPS) is 27.4. The SMILES string of the molecule is CCCCC(C)NC1CC(N(CC(=O)O)CC2CC2)C1. The van der Waals surface area contributed by atoms with Crippen molar-refractivity contribution in [1.29, 1.82) is 0 Å². The number of nitrogens with one attached hydrogen (secondary N) is 1. The molecular formula is C16H30N2O2. The molecule has 0 aromatic carbocycles. The fourth-order valence-corrected chi connectivity index (χ4v) is 3.17. The molecule has 4 heteroatoms. The molecule has 1 atom stereocenters. The summed E-state index contributed by atoms with van der Waals surface area (Å²) in [6.07, 6.45) is 8.62. The number of aliphatic carboxylic acids is 1. The van der Waals surface area contributed by atoms with E-state index in [2.05, 4.69) is 24.1 Å². The van der Waals surface area contributed by atoms with Gasteiger partial charge in [-0.3, -0.25) is 9.69 Å². The van der Waals surface area contributed by atoms with E-state index in [1.165, 1.54) is 32.1 Å². The van der Waals surface area contributed by atoms with Crippen molar-refractivity contribution in [3.63, 3.8) is 0 Å². The zero-order valence-corrected chi connectivity index (χ0v) is 13.0. The molecule has 2 aliphatic carbocycles. The van der Waals surface area contributed by atoms with Gasteiger partial charge in [0.1, 0.15) is 0 Å². The molecule has 0 heterocycles. The highest BCUT2D eigenvalue weighted by atomic mass is 16.4. The third-order valence-electron chi connectivity index (χ3n) is 4.67. The Kier molecular flexibility index (Phi) is 5.85. The highest BCUT2D eigenvalue weighted by Gasteiger charge is 2.37. The molecule has 116 valence electrons. The van der Waals surface area contributed by atoms with Gasteiger partial charge in [0.25, 0.3) is 0 Å². The molecule has 0 aromatic rings. The van der Waals surface area contributed by atoms with Gasteiger partial charge in [-0.25, -0.2) is 0 Å². The van der Waals surface area contributed by atoms with Crippen LogP contribution in [0, 0.1) is 5.92 Å². The summed E-state index contributed by atoms with van der Waals surface area (Å²) in [7, 11) is 0. The van der Waals surface area contributed by atoms with Gasteiger partial charge in [-0.1, -0.05) is 19.8 Å². The number of nitrogens with zero attached hydrogens (tertiary/aromatic N) is 1. The first-order valence-corrected chi connectivity index (χ1v) is 8.30. The molecule has 0 amide bonds. The Morgan fingerprint density at radius 1 is 1.40 bits per heavy atom. The second kappa shape index (κ2) is 7.41. The summed E-state index contributed by atoms with van der Waals surface area (Å²) in [4.78, 5) is 13.2. The molecule has 2 saturated carbocycles. The Hall–Kier alpha value is -0.610. The Labute approximate surface area is 122 Å². The topological polar surface area (TPSA) is 52.6 Å². The second-order valence-corrected chi connectivity index (χ2v) is 6.80. The molecule has 0 spiro atoms. The van der Waals surface area contributed by atoms with Crippen LogP contribution >= 0.6 is 0 Å². The maximum atomic E-state index is 11.0. The largest absolute Gasteiger partial charge is 0.480 e. The molecule has 2 N–H and O–H groups in total. The molecule has 20 heavy (non-hydrogen) atoms. The average Bonchev–Trinajstić information content (AvgIpc) is 3.13. The van der Waals surface area contributed by atoms with E-state index in [1.807, 2.05) is 0 Å². The van der Waals surface area contributed by atoms with E-state index in [9.17, 15) is 4.79 Å². The number of carboxylic acid groups (broad SMARTS) is 1. The van der Waals surface area contributed by atoms with Crippen molar-refractivity contribution in [3.8, 4) is 0 Å². The van der Waals surface area contributed by atoms with Gasteiger partial charge in [0.05, 0.1) is 6.54 Å². The zero-order chi connectivity index (χ0) is 14.5. The lowest BCUT2D eigenvalue weighted by molar-refractivity contribution is -0.139. The maximum Gasteiger partial charge on any atom is 0.317 e. The quantitative estimate of drug-likeness (QED) is 0.646. The van der Waals surface area contributed by atoms with Crippen LogP contribution in [0.25, 0.3) is 0 Å². The van der Waals surface area contributed by atoms with E-state index in [4.69, 9.17) is 5.11 Å². The first-order chi connectivity index (χ1) is 9.58. The standard InChI is InChI=1S/C16H30N2O2/c1-3-4-5-12(2)17-14-8-15(9-14)18(11-16(19)20)10-13-6-7-13/h12-15,17H,3-11H2,1-2H3,(H,19,20). The highest BCUT2D eigenvalue weighted by molar-refractivity contribution is 5.69. The van der Waals surface area contributed by atoms with Crippen molar-refractivity contribution in [2.75, 3.05) is 13.1 Å². The number of unbranched alkanes of at least 4 members (excludes halogenated alkanes) is 1. The van der Waals surface area contributed by atoms with E-state index in [-0.39, 0.29) is 6.54 Å². The van der Waals surface area contributed by atoms with Gasteiger partial charge in [0.2, 0.25) is 0 Å². The van der Waals surface area contributed by atoms with E-state index in [0.29, 0.717) is 18.1 Å². The monoisotopic (exact) mass is 282 g/mol. The summed E-state index contributed by atoms with van der Waals surface area (Å²) < 4.78 is 0. The van der Waals surface area contributed by atoms with Crippen LogP contribution in [0.5, 0.6) is 0 Å². The van der Waals surface area contributed by atoms with Crippen molar-refractivity contribution in [3.05, 3.63) is 0 Å². The minimum absolute atomic E-state index is 0.222. The molecule has 2 aliphatic rings. The van der Waals surface area contributed by atoms with Crippen LogP contribution in [0.2, 0.25) is 0 Å². The fraction of sp³-hybridized carbons (Fsp3) is 0.938. The predicted octanol–water partition coefficient (Wildman–Crippen LogP) is 2.48. The van der Waals surface area contributed by atoms with Crippen molar-refractivity contribution < 1.29 is 9.90 Å². The first kappa shape index (κ1) is 15.8. The lowest BCUT2D eigenvalue weighted by Crippen LogP contribution is -2.55. The van der Waals surface area contributed by atoms with Gasteiger partial charge in [-0.2, -0.15) is 0 Å². The van der Waals surface area contributed by atoms with Crippen LogP contribution in [-0.4, -0.2) is 47.2 Å². The van der Waals surface area contributed by atoms with Crippen LogP contribution in [0.15, 0.2) is 0 Å². The van der Waals surface area contributed by atoms with Gasteiger partial charge >= 0.3 is 5.97 Å². The first-order valence-electron chi connectivity index (χ1n) is 8.30. The summed E-state index contributed by atoms with van der Waals surface area (Å²) >= 11 is 0. The van der Waals surface area contributed by atoms with Gasteiger partial charge in [-0.15, -0.1) is 0 Å². The predicted molar refractivity (Wildman–Crippen MR) is 80.9 cm³/mol. The van der Waals surface area contributed by atoms with Crippen molar-refractivity contribution in [1.82, 2.24) is 10.2 Å². The Bertz CT molecular complexity index is 312. The highest BCUT2D eigenvalue weighted by Crippen LogP contribution is 2.33. The number of rotatable bonds is 10. The van der Waals surface area contributed by atoms with Crippen LogP contribution in [-0.2, 0) is 4.79 Å². The number of carbonyl (C=O) groups is 1. The Morgan fingerprint density at radius 3 is 2.65 bits per heavy atom. The van der Waals surface area contributed by atoms with Crippen molar-refractivity contribution >= 4 is 5.97 Å². The molecule has 2 rings (SSSR count).